The average molecular weight is 312 g/mol. The second-order valence-electron chi connectivity index (χ2n) is 7.50. The van der Waals surface area contributed by atoms with Crippen molar-refractivity contribution >= 4 is 5.91 Å². The molecule has 3 fully saturated rings. The quantitative estimate of drug-likeness (QED) is 0.908. The number of hydrogen-bond acceptors (Lipinski definition) is 2. The van der Waals surface area contributed by atoms with E-state index in [0.717, 1.165) is 32.4 Å². The summed E-state index contributed by atoms with van der Waals surface area (Å²) in [5.41, 5.74) is 1.48. The minimum atomic E-state index is 0.0888. The number of likely N-dealkylation sites (tertiary alicyclic amines) is 1. The molecular formula is C20H28N2O. The first-order chi connectivity index (χ1) is 11.3. The van der Waals surface area contributed by atoms with Crippen LogP contribution in [0.1, 0.15) is 56.4 Å². The Labute approximate surface area is 139 Å². The summed E-state index contributed by atoms with van der Waals surface area (Å²) in [6.07, 6.45) is 8.39. The van der Waals surface area contributed by atoms with Crippen LogP contribution >= 0.6 is 0 Å². The van der Waals surface area contributed by atoms with E-state index in [4.69, 9.17) is 0 Å². The number of carbonyl (C=O) groups is 1. The lowest BCUT2D eigenvalue weighted by atomic mass is 9.69. The molecule has 1 saturated carbocycles. The fourth-order valence-electron chi connectivity index (χ4n) is 5.14. The fraction of sp³-hybridized carbons (Fsp3) is 0.650. The van der Waals surface area contributed by atoms with Gasteiger partial charge in [0.25, 0.3) is 0 Å². The average Bonchev–Trinajstić information content (AvgIpc) is 3.15. The van der Waals surface area contributed by atoms with Crippen LogP contribution in [0, 0.1) is 5.92 Å². The van der Waals surface area contributed by atoms with Crippen LogP contribution in [-0.2, 0) is 4.79 Å². The molecule has 1 amide bonds. The molecule has 1 aliphatic carbocycles. The highest BCUT2D eigenvalue weighted by Crippen LogP contribution is 2.44. The first-order valence-electron chi connectivity index (χ1n) is 9.43. The van der Waals surface area contributed by atoms with E-state index >= 15 is 0 Å². The first kappa shape index (κ1) is 15.2. The lowest BCUT2D eigenvalue weighted by Crippen LogP contribution is -2.56. The molecule has 3 nitrogen and oxygen atoms in total. The Morgan fingerprint density at radius 2 is 1.83 bits per heavy atom. The zero-order valence-electron chi connectivity index (χ0n) is 13.9. The summed E-state index contributed by atoms with van der Waals surface area (Å²) in [6, 6.07) is 11.6. The second kappa shape index (κ2) is 6.64. The summed E-state index contributed by atoms with van der Waals surface area (Å²) < 4.78 is 0. The number of fused-ring (bicyclic) bond motifs is 1. The van der Waals surface area contributed by atoms with Crippen LogP contribution in [0.4, 0.5) is 0 Å². The third kappa shape index (κ3) is 2.91. The molecule has 0 bridgehead atoms. The Balaban J connectivity index is 1.55. The zero-order valence-corrected chi connectivity index (χ0v) is 13.9. The van der Waals surface area contributed by atoms with Gasteiger partial charge in [0.05, 0.1) is 6.04 Å². The Hall–Kier alpha value is -1.35. The maximum absolute atomic E-state index is 13.0. The second-order valence-corrected chi connectivity index (χ2v) is 7.50. The standard InChI is InChI=1S/C20H28N2O/c23-20(18-10-6-13-21-18)22-14-12-16(15-7-2-1-3-8-15)17-9-4-5-11-19(17)22/h1-3,7-8,16-19,21H,4-6,9-14H2/t16-,17-,18?,19-/m1/s1. The van der Waals surface area contributed by atoms with E-state index in [9.17, 15) is 4.79 Å². The van der Waals surface area contributed by atoms with Crippen LogP contribution < -0.4 is 5.32 Å². The van der Waals surface area contributed by atoms with Crippen LogP contribution in [0.15, 0.2) is 30.3 Å². The summed E-state index contributed by atoms with van der Waals surface area (Å²) in [5.74, 6) is 1.68. The van der Waals surface area contributed by atoms with E-state index in [1.165, 1.54) is 31.2 Å². The maximum atomic E-state index is 13.0. The van der Waals surface area contributed by atoms with Crippen molar-refractivity contribution < 1.29 is 4.79 Å². The van der Waals surface area contributed by atoms with Crippen molar-refractivity contribution in [2.75, 3.05) is 13.1 Å². The van der Waals surface area contributed by atoms with E-state index in [1.807, 2.05) is 0 Å². The van der Waals surface area contributed by atoms with Gasteiger partial charge in [-0.25, -0.2) is 0 Å². The number of piperidine rings is 1. The highest BCUT2D eigenvalue weighted by atomic mass is 16.2. The van der Waals surface area contributed by atoms with E-state index in [0.29, 0.717) is 23.8 Å². The molecule has 4 rings (SSSR count). The molecule has 1 N–H and O–H groups in total. The van der Waals surface area contributed by atoms with Crippen molar-refractivity contribution in [2.45, 2.75) is 62.9 Å². The maximum Gasteiger partial charge on any atom is 0.239 e. The smallest absolute Gasteiger partial charge is 0.239 e. The molecule has 3 heteroatoms. The third-order valence-electron chi connectivity index (χ3n) is 6.25. The van der Waals surface area contributed by atoms with Gasteiger partial charge in [-0.05, 0) is 56.0 Å². The van der Waals surface area contributed by atoms with Gasteiger partial charge < -0.3 is 10.2 Å². The molecule has 0 radical (unpaired) electrons. The Bertz CT molecular complexity index is 538. The number of benzene rings is 1. The number of nitrogens with one attached hydrogen (secondary N) is 1. The monoisotopic (exact) mass is 312 g/mol. The van der Waals surface area contributed by atoms with Crippen LogP contribution in [0.2, 0.25) is 0 Å². The molecular weight excluding hydrogens is 284 g/mol. The molecule has 1 unspecified atom stereocenters. The molecule has 23 heavy (non-hydrogen) atoms. The summed E-state index contributed by atoms with van der Waals surface area (Å²) >= 11 is 0. The Kier molecular flexibility index (Phi) is 4.39. The van der Waals surface area contributed by atoms with Crippen molar-refractivity contribution in [1.29, 1.82) is 0 Å². The van der Waals surface area contributed by atoms with Gasteiger partial charge in [0, 0.05) is 12.6 Å². The highest BCUT2D eigenvalue weighted by molar-refractivity contribution is 5.82. The van der Waals surface area contributed by atoms with Gasteiger partial charge in [0.1, 0.15) is 0 Å². The lowest BCUT2D eigenvalue weighted by molar-refractivity contribution is -0.140. The molecule has 2 saturated heterocycles. The van der Waals surface area contributed by atoms with E-state index in [2.05, 4.69) is 40.5 Å². The fourth-order valence-corrected chi connectivity index (χ4v) is 5.14. The molecule has 124 valence electrons. The molecule has 0 spiro atoms. The summed E-state index contributed by atoms with van der Waals surface area (Å²) in [5, 5.41) is 3.40. The van der Waals surface area contributed by atoms with Gasteiger partial charge in [-0.3, -0.25) is 4.79 Å². The van der Waals surface area contributed by atoms with Crippen LogP contribution in [0.3, 0.4) is 0 Å². The number of carbonyl (C=O) groups excluding carboxylic acids is 1. The number of amides is 1. The van der Waals surface area contributed by atoms with Crippen LogP contribution in [0.25, 0.3) is 0 Å². The van der Waals surface area contributed by atoms with Gasteiger partial charge in [-0.15, -0.1) is 0 Å². The van der Waals surface area contributed by atoms with E-state index < -0.39 is 0 Å². The SMILES string of the molecule is O=C(C1CCCN1)N1CC[C@H](c2ccccc2)[C@H]2CCCC[C@H]21. The first-order valence-corrected chi connectivity index (χ1v) is 9.43. The third-order valence-corrected chi connectivity index (χ3v) is 6.25. The van der Waals surface area contributed by atoms with Crippen molar-refractivity contribution in [1.82, 2.24) is 10.2 Å². The van der Waals surface area contributed by atoms with Gasteiger partial charge in [0.15, 0.2) is 0 Å². The lowest BCUT2D eigenvalue weighted by Gasteiger charge is -2.49. The van der Waals surface area contributed by atoms with E-state index in [1.54, 1.807) is 0 Å². The molecule has 0 aromatic heterocycles. The minimum absolute atomic E-state index is 0.0888. The van der Waals surface area contributed by atoms with Crippen LogP contribution in [0.5, 0.6) is 0 Å². The summed E-state index contributed by atoms with van der Waals surface area (Å²) in [6.45, 7) is 1.95. The largest absolute Gasteiger partial charge is 0.338 e. The topological polar surface area (TPSA) is 32.3 Å². The number of hydrogen-bond donors (Lipinski definition) is 1. The van der Waals surface area contributed by atoms with Crippen molar-refractivity contribution in [3.8, 4) is 0 Å². The Morgan fingerprint density at radius 3 is 2.61 bits per heavy atom. The van der Waals surface area contributed by atoms with Gasteiger partial charge >= 0.3 is 0 Å². The normalized spacial score (nSPS) is 34.2. The van der Waals surface area contributed by atoms with Gasteiger partial charge in [-0.2, -0.15) is 0 Å². The molecule has 2 aliphatic heterocycles. The number of nitrogens with zero attached hydrogens (tertiary/aromatic N) is 1. The predicted molar refractivity (Wildman–Crippen MR) is 92.3 cm³/mol. The van der Waals surface area contributed by atoms with Crippen LogP contribution in [-0.4, -0.2) is 36.0 Å². The van der Waals surface area contributed by atoms with Gasteiger partial charge in [0.2, 0.25) is 5.91 Å². The highest BCUT2D eigenvalue weighted by Gasteiger charge is 2.43. The molecule has 2 heterocycles. The molecule has 3 aliphatic rings. The Morgan fingerprint density at radius 1 is 1.00 bits per heavy atom. The van der Waals surface area contributed by atoms with Gasteiger partial charge in [-0.1, -0.05) is 43.2 Å². The molecule has 1 aromatic carbocycles. The molecule has 4 atom stereocenters. The van der Waals surface area contributed by atoms with E-state index in [-0.39, 0.29) is 6.04 Å². The summed E-state index contributed by atoms with van der Waals surface area (Å²) in [4.78, 5) is 15.2. The summed E-state index contributed by atoms with van der Waals surface area (Å²) in [7, 11) is 0. The predicted octanol–water partition coefficient (Wildman–Crippen LogP) is 3.31. The van der Waals surface area contributed by atoms with Crippen molar-refractivity contribution in [3.63, 3.8) is 0 Å². The van der Waals surface area contributed by atoms with Crippen molar-refractivity contribution in [3.05, 3.63) is 35.9 Å². The minimum Gasteiger partial charge on any atom is -0.338 e. The molecule has 1 aromatic rings. The number of rotatable bonds is 2. The zero-order chi connectivity index (χ0) is 15.6. The van der Waals surface area contributed by atoms with Crippen molar-refractivity contribution in [2.24, 2.45) is 5.92 Å².